The van der Waals surface area contributed by atoms with Gasteiger partial charge in [-0.15, -0.1) is 0 Å². The molecule has 0 spiro atoms. The number of anilines is 1. The van der Waals surface area contributed by atoms with Gasteiger partial charge in [0.2, 0.25) is 10.0 Å². The quantitative estimate of drug-likeness (QED) is 0.585. The van der Waals surface area contributed by atoms with Crippen molar-refractivity contribution in [3.05, 3.63) is 59.7 Å². The molecule has 0 saturated heterocycles. The van der Waals surface area contributed by atoms with E-state index in [1.54, 1.807) is 26.0 Å². The topological polar surface area (TPSA) is 119 Å². The number of carbonyl (C=O) groups excluding carboxylic acids is 3. The zero-order valence-electron chi connectivity index (χ0n) is 17.5. The smallest absolute Gasteiger partial charge is 0.339 e. The maximum Gasteiger partial charge on any atom is 0.339 e. The van der Waals surface area contributed by atoms with Gasteiger partial charge in [0, 0.05) is 13.1 Å². The van der Waals surface area contributed by atoms with Crippen molar-refractivity contribution in [3.63, 3.8) is 0 Å². The first-order valence-corrected chi connectivity index (χ1v) is 10.9. The Morgan fingerprint density at radius 1 is 0.968 bits per heavy atom. The molecule has 9 nitrogen and oxygen atoms in total. The Labute approximate surface area is 181 Å². The molecule has 0 bridgehead atoms. The molecule has 31 heavy (non-hydrogen) atoms. The number of rotatable bonds is 9. The summed E-state index contributed by atoms with van der Waals surface area (Å²) in [5, 5.41) is 2.48. The minimum atomic E-state index is -3.74. The van der Waals surface area contributed by atoms with Gasteiger partial charge in [-0.25, -0.2) is 18.0 Å². The summed E-state index contributed by atoms with van der Waals surface area (Å²) in [6.45, 7) is 3.40. The van der Waals surface area contributed by atoms with Crippen LogP contribution in [0.3, 0.4) is 0 Å². The number of carbonyl (C=O) groups is 3. The van der Waals surface area contributed by atoms with E-state index in [1.165, 1.54) is 47.8 Å². The van der Waals surface area contributed by atoms with Gasteiger partial charge >= 0.3 is 11.9 Å². The Hall–Kier alpha value is -3.24. The number of ether oxygens (including phenoxy) is 2. The third-order valence-corrected chi connectivity index (χ3v) is 6.40. The molecule has 0 aliphatic rings. The predicted molar refractivity (Wildman–Crippen MR) is 113 cm³/mol. The number of amides is 1. The van der Waals surface area contributed by atoms with Crippen molar-refractivity contribution in [2.24, 2.45) is 0 Å². The highest BCUT2D eigenvalue weighted by atomic mass is 32.2. The van der Waals surface area contributed by atoms with Crippen molar-refractivity contribution < 1.29 is 32.3 Å². The Kier molecular flexibility index (Phi) is 8.29. The van der Waals surface area contributed by atoms with Gasteiger partial charge in [-0.1, -0.05) is 32.0 Å². The van der Waals surface area contributed by atoms with Crippen LogP contribution in [0.2, 0.25) is 0 Å². The first-order valence-electron chi connectivity index (χ1n) is 9.49. The van der Waals surface area contributed by atoms with Gasteiger partial charge in [0.25, 0.3) is 5.91 Å². The monoisotopic (exact) mass is 448 g/mol. The number of hydrogen-bond donors (Lipinski definition) is 1. The summed E-state index contributed by atoms with van der Waals surface area (Å²) in [5.74, 6) is -2.15. The van der Waals surface area contributed by atoms with Gasteiger partial charge in [0.15, 0.2) is 6.61 Å². The number of nitrogens with zero attached hydrogens (tertiary/aromatic N) is 1. The largest absolute Gasteiger partial charge is 0.465 e. The predicted octanol–water partition coefficient (Wildman–Crippen LogP) is 2.30. The van der Waals surface area contributed by atoms with Gasteiger partial charge in [0.1, 0.15) is 0 Å². The summed E-state index contributed by atoms with van der Waals surface area (Å²) in [4.78, 5) is 36.2. The molecule has 0 radical (unpaired) electrons. The zero-order valence-corrected chi connectivity index (χ0v) is 18.3. The van der Waals surface area contributed by atoms with Crippen molar-refractivity contribution in [1.82, 2.24) is 4.31 Å². The number of methoxy groups -OCH3 is 1. The minimum Gasteiger partial charge on any atom is -0.465 e. The fourth-order valence-corrected chi connectivity index (χ4v) is 4.28. The maximum atomic E-state index is 12.6. The normalized spacial score (nSPS) is 11.1. The highest BCUT2D eigenvalue weighted by Gasteiger charge is 2.23. The number of benzene rings is 2. The van der Waals surface area contributed by atoms with Crippen LogP contribution >= 0.6 is 0 Å². The molecule has 2 aromatic carbocycles. The zero-order chi connectivity index (χ0) is 23.0. The van der Waals surface area contributed by atoms with Crippen LogP contribution in [0.25, 0.3) is 0 Å². The summed E-state index contributed by atoms with van der Waals surface area (Å²) in [6, 6.07) is 11.6. The summed E-state index contributed by atoms with van der Waals surface area (Å²) in [6.07, 6.45) is 0. The molecule has 0 saturated carbocycles. The van der Waals surface area contributed by atoms with Crippen LogP contribution in [0, 0.1) is 0 Å². The fourth-order valence-electron chi connectivity index (χ4n) is 2.78. The van der Waals surface area contributed by atoms with Crippen molar-refractivity contribution in [2.45, 2.75) is 18.7 Å². The van der Waals surface area contributed by atoms with E-state index in [1.807, 2.05) is 0 Å². The lowest BCUT2D eigenvalue weighted by Gasteiger charge is -2.18. The van der Waals surface area contributed by atoms with E-state index >= 15 is 0 Å². The van der Waals surface area contributed by atoms with E-state index in [2.05, 4.69) is 10.1 Å². The van der Waals surface area contributed by atoms with E-state index in [4.69, 9.17) is 4.74 Å². The molecule has 1 N–H and O–H groups in total. The molecule has 166 valence electrons. The maximum absolute atomic E-state index is 12.6. The van der Waals surface area contributed by atoms with Crippen molar-refractivity contribution in [1.29, 1.82) is 0 Å². The van der Waals surface area contributed by atoms with Crippen molar-refractivity contribution in [3.8, 4) is 0 Å². The molecule has 10 heteroatoms. The molecule has 2 rings (SSSR count). The van der Waals surface area contributed by atoms with Gasteiger partial charge < -0.3 is 14.8 Å². The molecule has 0 aliphatic heterocycles. The van der Waals surface area contributed by atoms with Crippen LogP contribution in [0.5, 0.6) is 0 Å². The van der Waals surface area contributed by atoms with E-state index in [-0.39, 0.29) is 21.7 Å². The van der Waals surface area contributed by atoms with Gasteiger partial charge in [-0.3, -0.25) is 4.79 Å². The molecule has 1 amide bonds. The van der Waals surface area contributed by atoms with Gasteiger partial charge in [-0.05, 0) is 30.3 Å². The number of esters is 2. The highest BCUT2D eigenvalue weighted by molar-refractivity contribution is 7.89. The molecule has 2 aromatic rings. The molecular weight excluding hydrogens is 424 g/mol. The standard InChI is InChI=1S/C21H24N2O7S/c1-4-23(5-2)31(27,28)16-10-8-9-15(13-16)20(25)30-14-19(24)22-18-12-7-6-11-17(18)21(26)29-3/h6-13H,4-5,14H2,1-3H3,(H,22,24). The van der Waals surface area contributed by atoms with Crippen LogP contribution in [0.15, 0.2) is 53.4 Å². The highest BCUT2D eigenvalue weighted by Crippen LogP contribution is 2.18. The number of para-hydroxylation sites is 1. The van der Waals surface area contributed by atoms with Gasteiger partial charge in [-0.2, -0.15) is 4.31 Å². The molecule has 0 fully saturated rings. The van der Waals surface area contributed by atoms with Crippen LogP contribution in [0.1, 0.15) is 34.6 Å². The van der Waals surface area contributed by atoms with Crippen molar-refractivity contribution >= 4 is 33.6 Å². The van der Waals surface area contributed by atoms with Crippen molar-refractivity contribution in [2.75, 3.05) is 32.1 Å². The molecule has 0 aliphatic carbocycles. The van der Waals surface area contributed by atoms with Crippen LogP contribution in [0.4, 0.5) is 5.69 Å². The Morgan fingerprint density at radius 3 is 2.29 bits per heavy atom. The van der Waals surface area contributed by atoms with E-state index in [0.29, 0.717) is 13.1 Å². The Balaban J connectivity index is 2.07. The molecule has 0 aromatic heterocycles. The molecule has 0 heterocycles. The van der Waals surface area contributed by atoms with Crippen LogP contribution < -0.4 is 5.32 Å². The summed E-state index contributed by atoms with van der Waals surface area (Å²) in [5.41, 5.74) is 0.359. The molecule has 0 unspecified atom stereocenters. The fraction of sp³-hybridized carbons (Fsp3) is 0.286. The van der Waals surface area contributed by atoms with E-state index in [9.17, 15) is 22.8 Å². The van der Waals surface area contributed by atoms with Gasteiger partial charge in [0.05, 0.1) is 28.8 Å². The lowest BCUT2D eigenvalue weighted by atomic mass is 10.2. The van der Waals surface area contributed by atoms with E-state index in [0.717, 1.165) is 0 Å². The second kappa shape index (κ2) is 10.7. The SMILES string of the molecule is CCN(CC)S(=O)(=O)c1cccc(C(=O)OCC(=O)Nc2ccccc2C(=O)OC)c1. The summed E-state index contributed by atoms with van der Waals surface area (Å²) in [7, 11) is -2.52. The average molecular weight is 448 g/mol. The molecule has 0 atom stereocenters. The van der Waals surface area contributed by atoms with Crippen LogP contribution in [-0.2, 0) is 24.3 Å². The third kappa shape index (κ3) is 5.89. The van der Waals surface area contributed by atoms with Crippen LogP contribution in [-0.4, -0.2) is 57.4 Å². The average Bonchev–Trinajstić information content (AvgIpc) is 2.78. The lowest BCUT2D eigenvalue weighted by Crippen LogP contribution is -2.30. The number of nitrogens with one attached hydrogen (secondary N) is 1. The first kappa shape index (κ1) is 24.0. The molecular formula is C21H24N2O7S. The second-order valence-corrected chi connectivity index (χ2v) is 8.22. The number of sulfonamides is 1. The Bertz CT molecular complexity index is 1060. The minimum absolute atomic E-state index is 0.00371. The van der Waals surface area contributed by atoms with E-state index < -0.39 is 34.5 Å². The lowest BCUT2D eigenvalue weighted by molar-refractivity contribution is -0.119. The first-order chi connectivity index (χ1) is 14.7. The number of hydrogen-bond acceptors (Lipinski definition) is 7. The Morgan fingerprint density at radius 2 is 1.65 bits per heavy atom. The third-order valence-electron chi connectivity index (χ3n) is 4.35. The summed E-state index contributed by atoms with van der Waals surface area (Å²) >= 11 is 0. The second-order valence-electron chi connectivity index (χ2n) is 6.28. The summed E-state index contributed by atoms with van der Waals surface area (Å²) < 4.78 is 36.2.